The van der Waals surface area contributed by atoms with Gasteiger partial charge in [0.15, 0.2) is 0 Å². The highest BCUT2D eigenvalue weighted by Gasteiger charge is 2.13. The number of rotatable bonds is 6. The average Bonchev–Trinajstić information content (AvgIpc) is 3.20. The molecule has 1 heterocycles. The molecule has 6 heteroatoms. The summed E-state index contributed by atoms with van der Waals surface area (Å²) in [4.78, 5) is 26.1. The molecule has 1 aliphatic rings. The van der Waals surface area contributed by atoms with Crippen LogP contribution in [0, 0.1) is 5.82 Å². The zero-order valence-electron chi connectivity index (χ0n) is 14.5. The monoisotopic (exact) mass is 355 g/mol. The van der Waals surface area contributed by atoms with Gasteiger partial charge < -0.3 is 15.5 Å². The van der Waals surface area contributed by atoms with Gasteiger partial charge in [-0.2, -0.15) is 0 Å². The second-order valence-corrected chi connectivity index (χ2v) is 6.30. The Balaban J connectivity index is 1.44. The summed E-state index contributed by atoms with van der Waals surface area (Å²) in [5.74, 6) is -1.53. The van der Waals surface area contributed by atoms with Crippen LogP contribution in [0.5, 0.6) is 0 Å². The molecule has 2 aromatic rings. The van der Waals surface area contributed by atoms with Gasteiger partial charge in [-0.15, -0.1) is 0 Å². The highest BCUT2D eigenvalue weighted by Crippen LogP contribution is 2.20. The Kier molecular flexibility index (Phi) is 5.84. The van der Waals surface area contributed by atoms with Crippen molar-refractivity contribution in [3.05, 3.63) is 65.5 Å². The molecule has 1 saturated heterocycles. The van der Waals surface area contributed by atoms with Crippen LogP contribution >= 0.6 is 0 Å². The van der Waals surface area contributed by atoms with Crippen molar-refractivity contribution in [3.8, 4) is 0 Å². The van der Waals surface area contributed by atoms with Crippen LogP contribution < -0.4 is 15.5 Å². The lowest BCUT2D eigenvalue weighted by Crippen LogP contribution is -2.36. The van der Waals surface area contributed by atoms with Crippen LogP contribution in [-0.2, 0) is 11.3 Å². The Bertz CT molecular complexity index is 771. The van der Waals surface area contributed by atoms with Crippen LogP contribution in [0.4, 0.5) is 10.1 Å². The van der Waals surface area contributed by atoms with Crippen LogP contribution in [-0.4, -0.2) is 31.4 Å². The Hall–Kier alpha value is -2.89. The summed E-state index contributed by atoms with van der Waals surface area (Å²) in [6, 6.07) is 13.8. The number of nitrogens with zero attached hydrogens (tertiary/aromatic N) is 1. The summed E-state index contributed by atoms with van der Waals surface area (Å²) in [5, 5.41) is 5.17. The molecule has 0 aliphatic carbocycles. The van der Waals surface area contributed by atoms with Gasteiger partial charge in [-0.25, -0.2) is 4.39 Å². The van der Waals surface area contributed by atoms with Crippen LogP contribution in [0.25, 0.3) is 0 Å². The van der Waals surface area contributed by atoms with Gasteiger partial charge in [0.25, 0.3) is 5.91 Å². The summed E-state index contributed by atoms with van der Waals surface area (Å²) >= 11 is 0. The van der Waals surface area contributed by atoms with Crippen LogP contribution in [0.1, 0.15) is 28.8 Å². The van der Waals surface area contributed by atoms with Gasteiger partial charge in [0.2, 0.25) is 5.91 Å². The fourth-order valence-electron chi connectivity index (χ4n) is 2.96. The van der Waals surface area contributed by atoms with E-state index in [-0.39, 0.29) is 18.0 Å². The third kappa shape index (κ3) is 4.59. The molecule has 0 aromatic heterocycles. The zero-order valence-corrected chi connectivity index (χ0v) is 14.5. The SMILES string of the molecule is O=C(CNC(=O)c1ccccc1F)NCc1ccc(N2CCCC2)cc1. The fraction of sp³-hybridized carbons (Fsp3) is 0.300. The lowest BCUT2D eigenvalue weighted by Gasteiger charge is -2.17. The van der Waals surface area contributed by atoms with Crippen molar-refractivity contribution < 1.29 is 14.0 Å². The molecule has 0 spiro atoms. The highest BCUT2D eigenvalue weighted by molar-refractivity contribution is 5.96. The molecular weight excluding hydrogens is 333 g/mol. The first kappa shape index (κ1) is 17.9. The average molecular weight is 355 g/mol. The minimum absolute atomic E-state index is 0.0715. The molecule has 1 fully saturated rings. The topological polar surface area (TPSA) is 61.4 Å². The van der Waals surface area contributed by atoms with Gasteiger partial charge in [-0.05, 0) is 42.7 Å². The van der Waals surface area contributed by atoms with E-state index >= 15 is 0 Å². The van der Waals surface area contributed by atoms with Gasteiger partial charge in [-0.1, -0.05) is 24.3 Å². The van der Waals surface area contributed by atoms with Crippen molar-refractivity contribution in [1.29, 1.82) is 0 Å². The van der Waals surface area contributed by atoms with Gasteiger partial charge in [-0.3, -0.25) is 9.59 Å². The van der Waals surface area contributed by atoms with Gasteiger partial charge >= 0.3 is 0 Å². The molecule has 5 nitrogen and oxygen atoms in total. The predicted molar refractivity (Wildman–Crippen MR) is 98.5 cm³/mol. The third-order valence-electron chi connectivity index (χ3n) is 4.43. The van der Waals surface area contributed by atoms with E-state index in [2.05, 4.69) is 27.7 Å². The Morgan fingerprint density at radius 1 is 0.962 bits per heavy atom. The third-order valence-corrected chi connectivity index (χ3v) is 4.43. The van der Waals surface area contributed by atoms with E-state index in [9.17, 15) is 14.0 Å². The minimum atomic E-state index is -0.608. The molecule has 3 rings (SSSR count). The van der Waals surface area contributed by atoms with Crippen molar-refractivity contribution in [1.82, 2.24) is 10.6 Å². The van der Waals surface area contributed by atoms with Crippen molar-refractivity contribution in [2.24, 2.45) is 0 Å². The standard InChI is InChI=1S/C20H22FN3O2/c21-18-6-2-1-5-17(18)20(26)23-14-19(25)22-13-15-7-9-16(10-8-15)24-11-3-4-12-24/h1-2,5-10H,3-4,11-14H2,(H,22,25)(H,23,26). The first-order valence-electron chi connectivity index (χ1n) is 8.77. The molecule has 2 amide bonds. The number of benzene rings is 2. The van der Waals surface area contributed by atoms with Crippen LogP contribution in [0.3, 0.4) is 0 Å². The molecule has 26 heavy (non-hydrogen) atoms. The molecule has 1 aliphatic heterocycles. The van der Waals surface area contributed by atoms with E-state index in [1.54, 1.807) is 6.07 Å². The molecule has 0 saturated carbocycles. The Labute approximate surface area is 152 Å². The smallest absolute Gasteiger partial charge is 0.254 e. The molecule has 0 atom stereocenters. The highest BCUT2D eigenvalue weighted by atomic mass is 19.1. The van der Waals surface area contributed by atoms with Crippen molar-refractivity contribution in [3.63, 3.8) is 0 Å². The van der Waals surface area contributed by atoms with Crippen LogP contribution in [0.2, 0.25) is 0 Å². The molecule has 0 radical (unpaired) electrons. The lowest BCUT2D eigenvalue weighted by molar-refractivity contribution is -0.120. The quantitative estimate of drug-likeness (QED) is 0.837. The Morgan fingerprint density at radius 3 is 2.35 bits per heavy atom. The molecular formula is C20H22FN3O2. The first-order chi connectivity index (χ1) is 12.6. The van der Waals surface area contributed by atoms with E-state index in [1.165, 1.54) is 36.7 Å². The molecule has 2 N–H and O–H groups in total. The summed E-state index contributed by atoms with van der Waals surface area (Å²) in [6.45, 7) is 2.38. The van der Waals surface area contributed by atoms with E-state index in [4.69, 9.17) is 0 Å². The van der Waals surface area contributed by atoms with E-state index < -0.39 is 11.7 Å². The van der Waals surface area contributed by atoms with Crippen LogP contribution in [0.15, 0.2) is 48.5 Å². The number of amides is 2. The number of hydrogen-bond acceptors (Lipinski definition) is 3. The van der Waals surface area contributed by atoms with E-state index in [1.807, 2.05) is 12.1 Å². The van der Waals surface area contributed by atoms with Gasteiger partial charge in [0.1, 0.15) is 5.82 Å². The molecule has 2 aromatic carbocycles. The minimum Gasteiger partial charge on any atom is -0.372 e. The molecule has 0 bridgehead atoms. The number of nitrogens with one attached hydrogen (secondary N) is 2. The molecule has 0 unspecified atom stereocenters. The summed E-state index contributed by atoms with van der Waals surface area (Å²) in [5.41, 5.74) is 2.12. The first-order valence-corrected chi connectivity index (χ1v) is 8.77. The maximum absolute atomic E-state index is 13.5. The molecule has 136 valence electrons. The number of halogens is 1. The summed E-state index contributed by atoms with van der Waals surface area (Å²) < 4.78 is 13.5. The number of carbonyl (C=O) groups is 2. The van der Waals surface area contributed by atoms with E-state index in [0.29, 0.717) is 6.54 Å². The van der Waals surface area contributed by atoms with Gasteiger partial charge in [0.05, 0.1) is 12.1 Å². The number of carbonyl (C=O) groups excluding carboxylic acids is 2. The summed E-state index contributed by atoms with van der Waals surface area (Å²) in [6.07, 6.45) is 2.47. The maximum Gasteiger partial charge on any atom is 0.254 e. The maximum atomic E-state index is 13.5. The second-order valence-electron chi connectivity index (χ2n) is 6.30. The predicted octanol–water partition coefficient (Wildman–Crippen LogP) is 2.47. The van der Waals surface area contributed by atoms with Crippen molar-refractivity contribution in [2.45, 2.75) is 19.4 Å². The zero-order chi connectivity index (χ0) is 18.4. The largest absolute Gasteiger partial charge is 0.372 e. The normalized spacial score (nSPS) is 13.5. The fourth-order valence-corrected chi connectivity index (χ4v) is 2.96. The van der Waals surface area contributed by atoms with Crippen molar-refractivity contribution >= 4 is 17.5 Å². The van der Waals surface area contributed by atoms with E-state index in [0.717, 1.165) is 18.7 Å². The number of anilines is 1. The van der Waals surface area contributed by atoms with Gasteiger partial charge in [0, 0.05) is 25.3 Å². The lowest BCUT2D eigenvalue weighted by atomic mass is 10.2. The number of hydrogen-bond donors (Lipinski definition) is 2. The Morgan fingerprint density at radius 2 is 1.65 bits per heavy atom. The summed E-state index contributed by atoms with van der Waals surface area (Å²) in [7, 11) is 0. The van der Waals surface area contributed by atoms with Crippen molar-refractivity contribution in [2.75, 3.05) is 24.5 Å². The second kappa shape index (κ2) is 8.47.